The van der Waals surface area contributed by atoms with E-state index < -0.39 is 0 Å². The second kappa shape index (κ2) is 6.71. The summed E-state index contributed by atoms with van der Waals surface area (Å²) in [5.41, 5.74) is 21.0. The van der Waals surface area contributed by atoms with Crippen LogP contribution in [0.25, 0.3) is 21.9 Å². The molecule has 4 rings (SSSR count). The minimum atomic E-state index is 0.509. The summed E-state index contributed by atoms with van der Waals surface area (Å²) in [7, 11) is 0. The molecule has 0 heteroatoms. The largest absolute Gasteiger partial charge is 0.0578 e. The van der Waals surface area contributed by atoms with Crippen LogP contribution in [0, 0.1) is 69.2 Å². The van der Waals surface area contributed by atoms with Crippen molar-refractivity contribution >= 4 is 10.8 Å². The van der Waals surface area contributed by atoms with Crippen LogP contribution in [0.1, 0.15) is 92.4 Å². The zero-order valence-corrected chi connectivity index (χ0v) is 21.2. The van der Waals surface area contributed by atoms with Gasteiger partial charge in [-0.1, -0.05) is 13.8 Å². The predicted octanol–water partition coefficient (Wildman–Crippen LogP) is 8.81. The van der Waals surface area contributed by atoms with Crippen molar-refractivity contribution in [3.05, 3.63) is 66.8 Å². The van der Waals surface area contributed by atoms with E-state index in [-0.39, 0.29) is 0 Å². The van der Waals surface area contributed by atoms with Crippen LogP contribution in [0.3, 0.4) is 0 Å². The molecule has 3 aromatic rings. The Bertz CT molecular complexity index is 1250. The van der Waals surface area contributed by atoms with Crippen LogP contribution in [0.15, 0.2) is 0 Å². The molecule has 0 radical (unpaired) electrons. The van der Waals surface area contributed by atoms with Crippen molar-refractivity contribution in [3.8, 4) is 11.1 Å². The van der Waals surface area contributed by atoms with Crippen molar-refractivity contribution in [2.45, 2.75) is 94.9 Å². The first-order chi connectivity index (χ1) is 13.9. The second-order valence-electron chi connectivity index (χ2n) is 10.2. The Morgan fingerprint density at radius 3 is 1.23 bits per heavy atom. The van der Waals surface area contributed by atoms with Crippen LogP contribution in [0.2, 0.25) is 0 Å². The van der Waals surface area contributed by atoms with Gasteiger partial charge < -0.3 is 0 Å². The maximum atomic E-state index is 2.47. The highest BCUT2D eigenvalue weighted by Gasteiger charge is 2.35. The highest BCUT2D eigenvalue weighted by Crippen LogP contribution is 2.55. The lowest BCUT2D eigenvalue weighted by Gasteiger charge is -2.38. The molecule has 3 aromatic carbocycles. The summed E-state index contributed by atoms with van der Waals surface area (Å²) in [5.74, 6) is 1.03. The first-order valence-corrected chi connectivity index (χ1v) is 11.6. The average molecular weight is 399 g/mol. The van der Waals surface area contributed by atoms with E-state index in [4.69, 9.17) is 0 Å². The Hall–Kier alpha value is -2.08. The molecule has 30 heavy (non-hydrogen) atoms. The van der Waals surface area contributed by atoms with E-state index in [0.29, 0.717) is 11.8 Å². The highest BCUT2D eigenvalue weighted by atomic mass is 14.4. The van der Waals surface area contributed by atoms with Crippen LogP contribution < -0.4 is 0 Å². The molecule has 0 amide bonds. The molecule has 0 spiro atoms. The molecule has 0 N–H and O–H groups in total. The summed E-state index contributed by atoms with van der Waals surface area (Å²) < 4.78 is 0. The van der Waals surface area contributed by atoms with Gasteiger partial charge in [0.05, 0.1) is 0 Å². The third kappa shape index (κ3) is 2.40. The first kappa shape index (κ1) is 21.2. The molecule has 0 saturated carbocycles. The van der Waals surface area contributed by atoms with Crippen LogP contribution in [0.4, 0.5) is 0 Å². The lowest BCUT2D eigenvalue weighted by molar-refractivity contribution is 0.614. The van der Waals surface area contributed by atoms with Crippen molar-refractivity contribution < 1.29 is 0 Å². The molecule has 0 saturated heterocycles. The van der Waals surface area contributed by atoms with Gasteiger partial charge in [0.25, 0.3) is 0 Å². The van der Waals surface area contributed by atoms with Crippen molar-refractivity contribution in [2.75, 3.05) is 0 Å². The number of benzene rings is 3. The number of rotatable bonds is 0. The molecule has 0 fully saturated rings. The van der Waals surface area contributed by atoms with Gasteiger partial charge in [-0.05, 0) is 170 Å². The fraction of sp³-hybridized carbons (Fsp3) is 0.467. The van der Waals surface area contributed by atoms with E-state index in [0.717, 1.165) is 0 Å². The molecule has 2 unspecified atom stereocenters. The molecule has 0 aliphatic heterocycles. The van der Waals surface area contributed by atoms with Gasteiger partial charge in [-0.3, -0.25) is 0 Å². The molecule has 2 atom stereocenters. The summed E-state index contributed by atoms with van der Waals surface area (Å²) in [6.07, 6.45) is 0. The zero-order chi connectivity index (χ0) is 22.4. The van der Waals surface area contributed by atoms with E-state index in [1.807, 2.05) is 0 Å². The first-order valence-electron chi connectivity index (χ1n) is 11.6. The standard InChI is InChI=1S/C30H38/c1-13-15(3)19(7)27-25(17(13)5)21(9)23(11)30-28-20(8)16(4)14(2)18(6)26(28)22(10)24(12)29(27)30/h21,23H,1-12H3. The summed E-state index contributed by atoms with van der Waals surface area (Å²) in [5, 5.41) is 3.04. The normalized spacial score (nSPS) is 18.0. The maximum Gasteiger partial charge on any atom is -0.0105 e. The summed E-state index contributed by atoms with van der Waals surface area (Å²) in [6.45, 7) is 28.3. The van der Waals surface area contributed by atoms with E-state index >= 15 is 0 Å². The van der Waals surface area contributed by atoms with E-state index in [1.165, 1.54) is 77.5 Å². The SMILES string of the molecule is Cc1c(C)c(C)c2c(c1C)-c1c(C)c(C)c3c(C)c(C)c(C)c(C)c3c1C(C)C2C. The predicted molar refractivity (Wildman–Crippen MR) is 134 cm³/mol. The smallest absolute Gasteiger partial charge is 0.0105 e. The van der Waals surface area contributed by atoms with Crippen LogP contribution >= 0.6 is 0 Å². The summed E-state index contributed by atoms with van der Waals surface area (Å²) >= 11 is 0. The Balaban J connectivity index is 2.36. The zero-order valence-electron chi connectivity index (χ0n) is 21.2. The van der Waals surface area contributed by atoms with Gasteiger partial charge in [0.2, 0.25) is 0 Å². The van der Waals surface area contributed by atoms with E-state index in [9.17, 15) is 0 Å². The fourth-order valence-electron chi connectivity index (χ4n) is 6.33. The van der Waals surface area contributed by atoms with Crippen molar-refractivity contribution in [1.82, 2.24) is 0 Å². The number of fused-ring (bicyclic) bond motifs is 5. The Morgan fingerprint density at radius 1 is 0.333 bits per heavy atom. The number of aryl methyl sites for hydroxylation is 3. The van der Waals surface area contributed by atoms with Crippen molar-refractivity contribution in [3.63, 3.8) is 0 Å². The minimum absolute atomic E-state index is 0.509. The molecular formula is C30H38. The van der Waals surface area contributed by atoms with E-state index in [1.54, 1.807) is 11.1 Å². The Labute approximate surface area is 183 Å². The van der Waals surface area contributed by atoms with Crippen LogP contribution in [-0.4, -0.2) is 0 Å². The highest BCUT2D eigenvalue weighted by molar-refractivity contribution is 6.03. The second-order valence-corrected chi connectivity index (χ2v) is 10.2. The molecule has 0 bridgehead atoms. The van der Waals surface area contributed by atoms with Gasteiger partial charge in [0.1, 0.15) is 0 Å². The number of hydrogen-bond acceptors (Lipinski definition) is 0. The number of hydrogen-bond donors (Lipinski definition) is 0. The van der Waals surface area contributed by atoms with Gasteiger partial charge in [-0.25, -0.2) is 0 Å². The molecule has 0 heterocycles. The topological polar surface area (TPSA) is 0 Å². The summed E-state index contributed by atoms with van der Waals surface area (Å²) in [4.78, 5) is 0. The van der Waals surface area contributed by atoms with Gasteiger partial charge in [-0.2, -0.15) is 0 Å². The van der Waals surface area contributed by atoms with Gasteiger partial charge >= 0.3 is 0 Å². The average Bonchev–Trinajstić information content (AvgIpc) is 2.71. The third-order valence-electron chi connectivity index (χ3n) is 9.19. The Morgan fingerprint density at radius 2 is 0.667 bits per heavy atom. The maximum absolute atomic E-state index is 2.47. The quantitative estimate of drug-likeness (QED) is 0.355. The fourth-order valence-corrected chi connectivity index (χ4v) is 6.33. The van der Waals surface area contributed by atoms with Gasteiger partial charge in [-0.15, -0.1) is 0 Å². The summed E-state index contributed by atoms with van der Waals surface area (Å²) in [6, 6.07) is 0. The lowest BCUT2D eigenvalue weighted by atomic mass is 9.65. The van der Waals surface area contributed by atoms with Gasteiger partial charge in [0, 0.05) is 0 Å². The lowest BCUT2D eigenvalue weighted by Crippen LogP contribution is -2.19. The van der Waals surface area contributed by atoms with E-state index in [2.05, 4.69) is 83.1 Å². The Kier molecular flexibility index (Phi) is 4.73. The van der Waals surface area contributed by atoms with Crippen LogP contribution in [-0.2, 0) is 0 Å². The molecule has 0 nitrogen and oxygen atoms in total. The monoisotopic (exact) mass is 398 g/mol. The van der Waals surface area contributed by atoms with Gasteiger partial charge in [0.15, 0.2) is 0 Å². The molecule has 1 aliphatic carbocycles. The molecule has 0 aromatic heterocycles. The van der Waals surface area contributed by atoms with Crippen LogP contribution in [0.5, 0.6) is 0 Å². The molecule has 1 aliphatic rings. The molecule has 158 valence electrons. The van der Waals surface area contributed by atoms with Crippen molar-refractivity contribution in [1.29, 1.82) is 0 Å². The van der Waals surface area contributed by atoms with Crippen molar-refractivity contribution in [2.24, 2.45) is 0 Å². The molecular weight excluding hydrogens is 360 g/mol. The minimum Gasteiger partial charge on any atom is -0.0578 e. The third-order valence-corrected chi connectivity index (χ3v) is 9.19.